The van der Waals surface area contributed by atoms with Gasteiger partial charge in [0.25, 0.3) is 0 Å². The van der Waals surface area contributed by atoms with E-state index in [0.717, 1.165) is 30.6 Å². The van der Waals surface area contributed by atoms with E-state index in [-0.39, 0.29) is 0 Å². The Bertz CT molecular complexity index is 383. The first-order valence-corrected chi connectivity index (χ1v) is 5.11. The van der Waals surface area contributed by atoms with E-state index in [9.17, 15) is 9.90 Å². The van der Waals surface area contributed by atoms with Gasteiger partial charge in [0, 0.05) is 0 Å². The quantitative estimate of drug-likeness (QED) is 0.827. The second kappa shape index (κ2) is 3.57. The maximum Gasteiger partial charge on any atom is 0.313 e. The van der Waals surface area contributed by atoms with Crippen molar-refractivity contribution in [3.05, 3.63) is 29.7 Å². The second-order valence-corrected chi connectivity index (χ2v) is 4.08. The first-order valence-electron chi connectivity index (χ1n) is 5.11. The summed E-state index contributed by atoms with van der Waals surface area (Å²) in [5.74, 6) is 0.00841. The van der Waals surface area contributed by atoms with Crippen LogP contribution in [0.1, 0.15) is 31.9 Å². The Morgan fingerprint density at radius 3 is 2.73 bits per heavy atom. The summed E-state index contributed by atoms with van der Waals surface area (Å²) < 4.78 is 5.18. The third-order valence-electron chi connectivity index (χ3n) is 3.27. The normalized spacial score (nSPS) is 19.7. The lowest BCUT2D eigenvalue weighted by atomic mass is 9.64. The van der Waals surface area contributed by atoms with Crippen molar-refractivity contribution in [1.29, 1.82) is 0 Å². The van der Waals surface area contributed by atoms with E-state index in [1.165, 1.54) is 0 Å². The maximum atomic E-state index is 11.2. The highest BCUT2D eigenvalue weighted by molar-refractivity contribution is 5.81. The van der Waals surface area contributed by atoms with Gasteiger partial charge >= 0.3 is 5.97 Å². The van der Waals surface area contributed by atoms with Crippen LogP contribution in [0.5, 0.6) is 0 Å². The molecule has 1 aromatic rings. The average Bonchev–Trinajstić information content (AvgIpc) is 2.53. The van der Waals surface area contributed by atoms with Crippen LogP contribution in [-0.4, -0.2) is 11.1 Å². The van der Waals surface area contributed by atoms with E-state index >= 15 is 0 Å². The molecule has 3 nitrogen and oxygen atoms in total. The van der Waals surface area contributed by atoms with Crippen LogP contribution in [0.25, 0.3) is 6.08 Å². The zero-order valence-corrected chi connectivity index (χ0v) is 8.69. The van der Waals surface area contributed by atoms with Gasteiger partial charge in [0.1, 0.15) is 5.76 Å². The summed E-state index contributed by atoms with van der Waals surface area (Å²) in [6.07, 6.45) is 5.90. The molecule has 0 spiro atoms. The molecule has 3 heteroatoms. The van der Waals surface area contributed by atoms with E-state index in [4.69, 9.17) is 4.42 Å². The van der Waals surface area contributed by atoms with Gasteiger partial charge in [0.2, 0.25) is 0 Å². The largest absolute Gasteiger partial charge is 0.481 e. The van der Waals surface area contributed by atoms with Crippen molar-refractivity contribution in [2.45, 2.75) is 26.2 Å². The van der Waals surface area contributed by atoms with Gasteiger partial charge in [-0.3, -0.25) is 4.79 Å². The summed E-state index contributed by atoms with van der Waals surface area (Å²) in [6.45, 7) is 1.87. The van der Waals surface area contributed by atoms with Crippen LogP contribution in [0.15, 0.2) is 28.4 Å². The lowest BCUT2D eigenvalue weighted by molar-refractivity contribution is -0.151. The van der Waals surface area contributed by atoms with Gasteiger partial charge in [0.05, 0.1) is 11.7 Å². The third-order valence-corrected chi connectivity index (χ3v) is 3.27. The van der Waals surface area contributed by atoms with Gasteiger partial charge < -0.3 is 9.52 Å². The molecule has 1 N–H and O–H groups in total. The van der Waals surface area contributed by atoms with E-state index in [0.29, 0.717) is 0 Å². The molecule has 80 valence electrons. The molecule has 1 aromatic heterocycles. The number of carbonyl (C=O) groups is 1. The van der Waals surface area contributed by atoms with Gasteiger partial charge in [-0.05, 0) is 38.0 Å². The molecule has 1 fully saturated rings. The summed E-state index contributed by atoms with van der Waals surface area (Å²) in [5.41, 5.74) is 0.253. The molecule has 0 aromatic carbocycles. The number of rotatable bonds is 3. The third kappa shape index (κ3) is 1.58. The fourth-order valence-corrected chi connectivity index (χ4v) is 2.03. The van der Waals surface area contributed by atoms with E-state index in [1.54, 1.807) is 12.3 Å². The monoisotopic (exact) mass is 206 g/mol. The van der Waals surface area contributed by atoms with E-state index in [2.05, 4.69) is 0 Å². The molecule has 1 heterocycles. The first-order chi connectivity index (χ1) is 7.15. The van der Waals surface area contributed by atoms with Gasteiger partial charge in [0.15, 0.2) is 0 Å². The van der Waals surface area contributed by atoms with Gasteiger partial charge in [-0.15, -0.1) is 0 Å². The summed E-state index contributed by atoms with van der Waals surface area (Å²) in [7, 11) is 0. The molecule has 0 unspecified atom stereocenters. The highest BCUT2D eigenvalue weighted by Crippen LogP contribution is 2.47. The molecule has 1 aliphatic rings. The minimum absolute atomic E-state index is 0.632. The Kier molecular flexibility index (Phi) is 2.39. The van der Waals surface area contributed by atoms with Crippen molar-refractivity contribution in [2.24, 2.45) is 5.41 Å². The summed E-state index contributed by atoms with van der Waals surface area (Å²) >= 11 is 0. The molecule has 0 saturated heterocycles. The molecule has 0 bridgehead atoms. The van der Waals surface area contributed by atoms with Crippen LogP contribution >= 0.6 is 0 Å². The number of hydrogen-bond acceptors (Lipinski definition) is 2. The van der Waals surface area contributed by atoms with Crippen molar-refractivity contribution in [2.75, 3.05) is 0 Å². The lowest BCUT2D eigenvalue weighted by Crippen LogP contribution is -2.38. The van der Waals surface area contributed by atoms with Crippen LogP contribution in [0.2, 0.25) is 0 Å². The highest BCUT2D eigenvalue weighted by Gasteiger charge is 2.45. The Hall–Kier alpha value is -1.51. The fourth-order valence-electron chi connectivity index (χ4n) is 2.03. The Labute approximate surface area is 88.4 Å². The highest BCUT2D eigenvalue weighted by atomic mass is 16.4. The molecule has 0 amide bonds. The first kappa shape index (κ1) is 10.0. The molecule has 1 saturated carbocycles. The fraction of sp³-hybridized carbons (Fsp3) is 0.417. The zero-order chi connectivity index (χ0) is 10.9. The van der Waals surface area contributed by atoms with Crippen molar-refractivity contribution in [3.63, 3.8) is 0 Å². The minimum Gasteiger partial charge on any atom is -0.481 e. The SMILES string of the molecule is C/C(=C/c1ccco1)C1(C(=O)O)CCC1. The summed E-state index contributed by atoms with van der Waals surface area (Å²) in [6, 6.07) is 3.63. The van der Waals surface area contributed by atoms with Crippen molar-refractivity contribution >= 4 is 12.0 Å². The molecule has 0 radical (unpaired) electrons. The molecule has 0 atom stereocenters. The lowest BCUT2D eigenvalue weighted by Gasteiger charge is -2.38. The van der Waals surface area contributed by atoms with Gasteiger partial charge in [-0.2, -0.15) is 0 Å². The molecule has 15 heavy (non-hydrogen) atoms. The standard InChI is InChI=1S/C12H14O3/c1-9(8-10-4-2-7-15-10)12(11(13)14)5-3-6-12/h2,4,7-8H,3,5-6H2,1H3,(H,13,14)/b9-8-. The topological polar surface area (TPSA) is 50.4 Å². The van der Waals surface area contributed by atoms with Crippen LogP contribution in [-0.2, 0) is 4.79 Å². The van der Waals surface area contributed by atoms with Crippen LogP contribution in [0.4, 0.5) is 0 Å². The van der Waals surface area contributed by atoms with Crippen LogP contribution in [0.3, 0.4) is 0 Å². The minimum atomic E-state index is -0.714. The molecular formula is C12H14O3. The predicted octanol–water partition coefficient (Wildman–Crippen LogP) is 2.94. The number of carboxylic acids is 1. The smallest absolute Gasteiger partial charge is 0.313 e. The molecular weight excluding hydrogens is 192 g/mol. The Morgan fingerprint density at radius 1 is 1.60 bits per heavy atom. The van der Waals surface area contributed by atoms with E-state index in [1.807, 2.05) is 19.1 Å². The van der Waals surface area contributed by atoms with E-state index < -0.39 is 11.4 Å². The molecule has 1 aliphatic carbocycles. The summed E-state index contributed by atoms with van der Waals surface area (Å²) in [5, 5.41) is 9.21. The van der Waals surface area contributed by atoms with Gasteiger partial charge in [-0.25, -0.2) is 0 Å². The zero-order valence-electron chi connectivity index (χ0n) is 8.69. The molecule has 2 rings (SSSR count). The summed E-state index contributed by atoms with van der Waals surface area (Å²) in [4.78, 5) is 11.2. The Morgan fingerprint density at radius 2 is 2.33 bits per heavy atom. The number of carboxylic acid groups (broad SMARTS) is 1. The Balaban J connectivity index is 2.26. The number of hydrogen-bond donors (Lipinski definition) is 1. The van der Waals surface area contributed by atoms with Gasteiger partial charge in [-0.1, -0.05) is 12.0 Å². The molecule has 0 aliphatic heterocycles. The van der Waals surface area contributed by atoms with Crippen LogP contribution < -0.4 is 0 Å². The van der Waals surface area contributed by atoms with Crippen molar-refractivity contribution in [3.8, 4) is 0 Å². The average molecular weight is 206 g/mol. The van der Waals surface area contributed by atoms with Crippen molar-refractivity contribution < 1.29 is 14.3 Å². The number of furan rings is 1. The second-order valence-electron chi connectivity index (χ2n) is 4.08. The number of aliphatic carboxylic acids is 1. The van der Waals surface area contributed by atoms with Crippen molar-refractivity contribution in [1.82, 2.24) is 0 Å². The van der Waals surface area contributed by atoms with Crippen LogP contribution in [0, 0.1) is 5.41 Å². The predicted molar refractivity (Wildman–Crippen MR) is 56.3 cm³/mol. The maximum absolute atomic E-state index is 11.2.